The van der Waals surface area contributed by atoms with Gasteiger partial charge in [0.2, 0.25) is 4.96 Å². The minimum absolute atomic E-state index is 0.271. The second-order valence-corrected chi connectivity index (χ2v) is 6.30. The Hall–Kier alpha value is -1.17. The zero-order valence-corrected chi connectivity index (χ0v) is 12.6. The summed E-state index contributed by atoms with van der Waals surface area (Å²) in [6, 6.07) is 5.38. The summed E-state index contributed by atoms with van der Waals surface area (Å²) in [5.74, 6) is 1.12. The van der Waals surface area contributed by atoms with Gasteiger partial charge in [0.1, 0.15) is 5.01 Å². The van der Waals surface area contributed by atoms with Crippen LogP contribution in [-0.2, 0) is 0 Å². The smallest absolute Gasteiger partial charge is 0.187 e. The van der Waals surface area contributed by atoms with Crippen molar-refractivity contribution < 1.29 is 0 Å². The molecule has 0 spiro atoms. The van der Waals surface area contributed by atoms with Gasteiger partial charge in [-0.2, -0.15) is 9.61 Å². The molecule has 0 bridgehead atoms. The molecule has 19 heavy (non-hydrogen) atoms. The van der Waals surface area contributed by atoms with Crippen molar-refractivity contribution in [3.63, 3.8) is 0 Å². The molecule has 0 amide bonds. The summed E-state index contributed by atoms with van der Waals surface area (Å²) in [6.45, 7) is 4.12. The third-order valence-corrected chi connectivity index (χ3v) is 4.03. The standard InChI is InChI=1S/C12H10Cl2N4S/c1-6(2)10-15-16-12-18(10)17-11(19-12)7-3-8(13)5-9(14)4-7/h3-6H,1-2H3. The molecule has 1 aromatic carbocycles. The number of benzene rings is 1. The fourth-order valence-corrected chi connectivity index (χ4v) is 3.15. The third-order valence-electron chi connectivity index (χ3n) is 2.64. The molecule has 0 aliphatic rings. The van der Waals surface area contributed by atoms with Crippen molar-refractivity contribution >= 4 is 39.5 Å². The molecule has 0 unspecified atom stereocenters. The van der Waals surface area contributed by atoms with Crippen LogP contribution in [0.2, 0.25) is 10.0 Å². The van der Waals surface area contributed by atoms with Crippen LogP contribution in [-0.4, -0.2) is 19.8 Å². The highest BCUT2D eigenvalue weighted by Crippen LogP contribution is 2.30. The van der Waals surface area contributed by atoms with E-state index in [1.54, 1.807) is 10.6 Å². The summed E-state index contributed by atoms with van der Waals surface area (Å²) in [7, 11) is 0. The molecule has 0 saturated heterocycles. The molecule has 7 heteroatoms. The van der Waals surface area contributed by atoms with Crippen LogP contribution in [0.4, 0.5) is 0 Å². The van der Waals surface area contributed by atoms with Gasteiger partial charge in [-0.15, -0.1) is 10.2 Å². The first kappa shape index (κ1) is 12.8. The van der Waals surface area contributed by atoms with E-state index in [-0.39, 0.29) is 5.92 Å². The number of fused-ring (bicyclic) bond motifs is 1. The van der Waals surface area contributed by atoms with Crippen LogP contribution >= 0.6 is 34.5 Å². The van der Waals surface area contributed by atoms with Crippen molar-refractivity contribution in [2.75, 3.05) is 0 Å². The highest BCUT2D eigenvalue weighted by atomic mass is 35.5. The molecule has 0 radical (unpaired) electrons. The molecule has 2 aromatic heterocycles. The van der Waals surface area contributed by atoms with Crippen LogP contribution in [0, 0.1) is 0 Å². The van der Waals surface area contributed by atoms with E-state index in [0.717, 1.165) is 21.4 Å². The number of rotatable bonds is 2. The molecule has 0 aliphatic carbocycles. The molecule has 2 heterocycles. The van der Waals surface area contributed by atoms with E-state index in [2.05, 4.69) is 29.1 Å². The number of nitrogens with zero attached hydrogens (tertiary/aromatic N) is 4. The molecular formula is C12H10Cl2N4S. The van der Waals surface area contributed by atoms with E-state index in [1.165, 1.54) is 11.3 Å². The van der Waals surface area contributed by atoms with Gasteiger partial charge in [-0.05, 0) is 18.2 Å². The SMILES string of the molecule is CC(C)c1nnc2sc(-c3cc(Cl)cc(Cl)c3)nn12. The normalized spacial score (nSPS) is 11.6. The summed E-state index contributed by atoms with van der Waals surface area (Å²) in [5, 5.41) is 14.8. The van der Waals surface area contributed by atoms with E-state index in [4.69, 9.17) is 23.2 Å². The molecule has 3 aromatic rings. The first-order chi connectivity index (χ1) is 9.04. The summed E-state index contributed by atoms with van der Waals surface area (Å²) in [4.78, 5) is 0.773. The Morgan fingerprint density at radius 2 is 1.79 bits per heavy atom. The zero-order chi connectivity index (χ0) is 13.6. The summed E-state index contributed by atoms with van der Waals surface area (Å²) in [6.07, 6.45) is 0. The predicted octanol–water partition coefficient (Wildman–Crippen LogP) is 4.28. The lowest BCUT2D eigenvalue weighted by molar-refractivity contribution is 0.727. The van der Waals surface area contributed by atoms with Crippen LogP contribution in [0.1, 0.15) is 25.6 Å². The van der Waals surface area contributed by atoms with Gasteiger partial charge in [0.25, 0.3) is 0 Å². The third kappa shape index (κ3) is 2.33. The average Bonchev–Trinajstić information content (AvgIpc) is 2.85. The molecule has 98 valence electrons. The van der Waals surface area contributed by atoms with Crippen molar-refractivity contribution in [1.82, 2.24) is 19.8 Å². The summed E-state index contributed by atoms with van der Waals surface area (Å²) in [5.41, 5.74) is 0.891. The van der Waals surface area contributed by atoms with Crippen molar-refractivity contribution in [3.8, 4) is 10.6 Å². The molecule has 0 N–H and O–H groups in total. The van der Waals surface area contributed by atoms with E-state index in [9.17, 15) is 0 Å². The van der Waals surface area contributed by atoms with Crippen LogP contribution in [0.5, 0.6) is 0 Å². The Morgan fingerprint density at radius 3 is 2.42 bits per heavy atom. The van der Waals surface area contributed by atoms with Gasteiger partial charge in [0.15, 0.2) is 5.82 Å². The number of halogens is 2. The van der Waals surface area contributed by atoms with Gasteiger partial charge in [0, 0.05) is 21.5 Å². The molecule has 0 fully saturated rings. The first-order valence-corrected chi connectivity index (χ1v) is 7.30. The molecule has 0 saturated carbocycles. The van der Waals surface area contributed by atoms with Gasteiger partial charge in [0.05, 0.1) is 0 Å². The first-order valence-electron chi connectivity index (χ1n) is 5.73. The van der Waals surface area contributed by atoms with E-state index in [1.807, 2.05) is 12.1 Å². The van der Waals surface area contributed by atoms with Gasteiger partial charge in [-0.1, -0.05) is 48.4 Å². The largest absolute Gasteiger partial charge is 0.234 e. The van der Waals surface area contributed by atoms with Crippen LogP contribution in [0.3, 0.4) is 0 Å². The molecule has 0 atom stereocenters. The summed E-state index contributed by atoms with van der Waals surface area (Å²) < 4.78 is 1.78. The molecular weight excluding hydrogens is 303 g/mol. The number of hydrogen-bond acceptors (Lipinski definition) is 4. The highest BCUT2D eigenvalue weighted by Gasteiger charge is 2.15. The Kier molecular flexibility index (Phi) is 3.20. The molecule has 3 rings (SSSR count). The van der Waals surface area contributed by atoms with Crippen molar-refractivity contribution in [2.24, 2.45) is 0 Å². The quantitative estimate of drug-likeness (QED) is 0.709. The second kappa shape index (κ2) is 4.74. The monoisotopic (exact) mass is 312 g/mol. The molecule has 4 nitrogen and oxygen atoms in total. The lowest BCUT2D eigenvalue weighted by Crippen LogP contribution is -1.97. The minimum atomic E-state index is 0.271. The number of aromatic nitrogens is 4. The van der Waals surface area contributed by atoms with Crippen molar-refractivity contribution in [1.29, 1.82) is 0 Å². The molecule has 0 aliphatic heterocycles. The highest BCUT2D eigenvalue weighted by molar-refractivity contribution is 7.19. The fraction of sp³-hybridized carbons (Fsp3) is 0.250. The van der Waals surface area contributed by atoms with Crippen molar-refractivity contribution in [2.45, 2.75) is 19.8 Å². The van der Waals surface area contributed by atoms with Gasteiger partial charge >= 0.3 is 0 Å². The van der Waals surface area contributed by atoms with E-state index >= 15 is 0 Å². The topological polar surface area (TPSA) is 43.1 Å². The van der Waals surface area contributed by atoms with Gasteiger partial charge in [-0.3, -0.25) is 0 Å². The average molecular weight is 313 g/mol. The maximum Gasteiger partial charge on any atom is 0.234 e. The minimum Gasteiger partial charge on any atom is -0.187 e. The van der Waals surface area contributed by atoms with Crippen LogP contribution in [0.25, 0.3) is 15.5 Å². The lowest BCUT2D eigenvalue weighted by Gasteiger charge is -1.99. The maximum atomic E-state index is 6.01. The van der Waals surface area contributed by atoms with E-state index < -0.39 is 0 Å². The summed E-state index contributed by atoms with van der Waals surface area (Å²) >= 11 is 13.5. The van der Waals surface area contributed by atoms with Gasteiger partial charge in [-0.25, -0.2) is 0 Å². The fourth-order valence-electron chi connectivity index (χ4n) is 1.79. The number of hydrogen-bond donors (Lipinski definition) is 0. The Balaban J connectivity index is 2.15. The second-order valence-electron chi connectivity index (χ2n) is 4.47. The van der Waals surface area contributed by atoms with Crippen LogP contribution in [0.15, 0.2) is 18.2 Å². The van der Waals surface area contributed by atoms with E-state index in [0.29, 0.717) is 10.0 Å². The van der Waals surface area contributed by atoms with Crippen molar-refractivity contribution in [3.05, 3.63) is 34.1 Å². The Morgan fingerprint density at radius 1 is 1.11 bits per heavy atom. The maximum absolute atomic E-state index is 6.01. The lowest BCUT2D eigenvalue weighted by atomic mass is 10.2. The predicted molar refractivity (Wildman–Crippen MR) is 78.2 cm³/mol. The van der Waals surface area contributed by atoms with Crippen LogP contribution < -0.4 is 0 Å². The zero-order valence-electron chi connectivity index (χ0n) is 10.3. The Bertz CT molecular complexity index is 727. The Labute approximate surface area is 124 Å². The van der Waals surface area contributed by atoms with Gasteiger partial charge < -0.3 is 0 Å².